The maximum Gasteiger partial charge on any atom is 0.337 e. The first-order chi connectivity index (χ1) is 14.9. The molecule has 2 aromatic carbocycles. The Morgan fingerprint density at radius 3 is 2.26 bits per heavy atom. The lowest BCUT2D eigenvalue weighted by Gasteiger charge is -2.29. The fraction of sp³-hybridized carbons (Fsp3) is 0.200. The molecule has 1 aliphatic heterocycles. The number of aliphatic carboxylic acids is 1. The third-order valence-corrected chi connectivity index (χ3v) is 5.08. The van der Waals surface area contributed by atoms with Crippen LogP contribution in [0.4, 0.5) is 0 Å². The van der Waals surface area contributed by atoms with Crippen molar-refractivity contribution in [3.63, 3.8) is 0 Å². The van der Waals surface area contributed by atoms with E-state index in [-0.39, 0.29) is 17.8 Å². The number of ether oxygens (including phenoxy) is 2. The molecule has 0 aromatic heterocycles. The smallest absolute Gasteiger partial charge is 0.337 e. The Bertz CT molecular complexity index is 1050. The number of hydrogen-bond acceptors (Lipinski definition) is 5. The maximum absolute atomic E-state index is 13.0. The van der Waals surface area contributed by atoms with Crippen molar-refractivity contribution >= 4 is 18.0 Å². The van der Waals surface area contributed by atoms with E-state index < -0.39 is 17.9 Å². The van der Waals surface area contributed by atoms with Gasteiger partial charge < -0.3 is 19.9 Å². The fourth-order valence-corrected chi connectivity index (χ4v) is 3.63. The molecule has 160 valence electrons. The molecule has 0 radical (unpaired) electrons. The van der Waals surface area contributed by atoms with Gasteiger partial charge in [0.1, 0.15) is 12.4 Å². The molecule has 1 heterocycles. The number of carbonyl (C=O) groups is 2. The summed E-state index contributed by atoms with van der Waals surface area (Å²) in [4.78, 5) is 25.1. The van der Waals surface area contributed by atoms with Gasteiger partial charge in [0.2, 0.25) is 0 Å². The third-order valence-electron chi connectivity index (χ3n) is 5.08. The van der Waals surface area contributed by atoms with Gasteiger partial charge in [0.15, 0.2) is 0 Å². The molecule has 1 atom stereocenters. The Balaban J connectivity index is 1.87. The Hall–Kier alpha value is -3.80. The lowest BCUT2D eigenvalue weighted by Crippen LogP contribution is -2.31. The number of hydrogen-bond donors (Lipinski definition) is 2. The van der Waals surface area contributed by atoms with Gasteiger partial charge in [-0.3, -0.25) is 0 Å². The van der Waals surface area contributed by atoms with E-state index in [1.165, 1.54) is 0 Å². The van der Waals surface area contributed by atoms with Gasteiger partial charge >= 0.3 is 11.9 Å². The Kier molecular flexibility index (Phi) is 6.92. The number of benzene rings is 2. The summed E-state index contributed by atoms with van der Waals surface area (Å²) in [5, 5.41) is 12.9. The van der Waals surface area contributed by atoms with Crippen LogP contribution in [0.15, 0.2) is 83.2 Å². The lowest BCUT2D eigenvalue weighted by atomic mass is 9.80. The van der Waals surface area contributed by atoms with Gasteiger partial charge in [0.05, 0.1) is 24.2 Å². The van der Waals surface area contributed by atoms with Gasteiger partial charge in [-0.05, 0) is 43.2 Å². The Morgan fingerprint density at radius 2 is 1.65 bits per heavy atom. The zero-order valence-electron chi connectivity index (χ0n) is 17.7. The summed E-state index contributed by atoms with van der Waals surface area (Å²) in [5.41, 5.74) is 3.12. The molecular weight excluding hydrogens is 394 g/mol. The molecule has 1 unspecified atom stereocenters. The summed E-state index contributed by atoms with van der Waals surface area (Å²) in [5.74, 6) is -1.76. The summed E-state index contributed by atoms with van der Waals surface area (Å²) in [7, 11) is 1.56. The number of carboxylic acid groups (broad SMARTS) is 1. The van der Waals surface area contributed by atoms with Crippen LogP contribution in [-0.4, -0.2) is 30.8 Å². The van der Waals surface area contributed by atoms with E-state index >= 15 is 0 Å². The van der Waals surface area contributed by atoms with E-state index in [0.717, 1.165) is 5.56 Å². The van der Waals surface area contributed by atoms with Crippen molar-refractivity contribution in [2.75, 3.05) is 13.7 Å². The van der Waals surface area contributed by atoms with Crippen LogP contribution in [0.25, 0.3) is 6.08 Å². The molecule has 2 N–H and O–H groups in total. The first kappa shape index (κ1) is 21.9. The Labute approximate surface area is 181 Å². The van der Waals surface area contributed by atoms with Crippen molar-refractivity contribution in [2.24, 2.45) is 0 Å². The van der Waals surface area contributed by atoms with E-state index in [2.05, 4.69) is 5.32 Å². The van der Waals surface area contributed by atoms with Crippen molar-refractivity contribution in [1.82, 2.24) is 5.32 Å². The molecule has 0 saturated heterocycles. The molecule has 2 aromatic rings. The molecule has 0 aliphatic carbocycles. The summed E-state index contributed by atoms with van der Waals surface area (Å²) < 4.78 is 10.7. The van der Waals surface area contributed by atoms with E-state index in [1.807, 2.05) is 36.4 Å². The molecule has 6 heteroatoms. The van der Waals surface area contributed by atoms with E-state index in [4.69, 9.17) is 9.47 Å². The maximum atomic E-state index is 13.0. The minimum Gasteiger partial charge on any atom is -0.497 e. The van der Waals surface area contributed by atoms with Crippen molar-refractivity contribution < 1.29 is 24.2 Å². The van der Waals surface area contributed by atoms with Crippen LogP contribution in [0.3, 0.4) is 0 Å². The third kappa shape index (κ3) is 5.04. The first-order valence-electron chi connectivity index (χ1n) is 9.87. The molecule has 1 aliphatic rings. The van der Waals surface area contributed by atoms with Crippen LogP contribution in [-0.2, 0) is 14.3 Å². The zero-order chi connectivity index (χ0) is 22.4. The highest BCUT2D eigenvalue weighted by Crippen LogP contribution is 2.39. The van der Waals surface area contributed by atoms with Gasteiger partial charge in [-0.15, -0.1) is 0 Å². The zero-order valence-corrected chi connectivity index (χ0v) is 17.7. The normalized spacial score (nSPS) is 16.3. The van der Waals surface area contributed by atoms with Gasteiger partial charge in [-0.1, -0.05) is 48.5 Å². The van der Waals surface area contributed by atoms with Crippen LogP contribution in [0.5, 0.6) is 5.75 Å². The van der Waals surface area contributed by atoms with Gasteiger partial charge in [0, 0.05) is 11.4 Å². The van der Waals surface area contributed by atoms with Crippen molar-refractivity contribution in [1.29, 1.82) is 0 Å². The standard InChI is InChI=1S/C25H25NO5/c1-16-21(24(27)28)23(19-11-13-20(30-3)14-12-19)22(17(2)26-16)25(29)31-15-7-10-18-8-5-4-6-9-18/h4-14,23,26H,15H2,1-3H3,(H,27,28)/b10-7+. The lowest BCUT2D eigenvalue weighted by molar-refractivity contribution is -0.138. The van der Waals surface area contributed by atoms with Gasteiger partial charge in [-0.25, -0.2) is 9.59 Å². The van der Waals surface area contributed by atoms with Crippen LogP contribution in [0.2, 0.25) is 0 Å². The van der Waals surface area contributed by atoms with Crippen LogP contribution in [0.1, 0.15) is 30.9 Å². The number of nitrogens with one attached hydrogen (secondary N) is 1. The summed E-state index contributed by atoms with van der Waals surface area (Å²) in [6.07, 6.45) is 3.61. The van der Waals surface area contributed by atoms with Crippen LogP contribution in [0, 0.1) is 0 Å². The van der Waals surface area contributed by atoms with Gasteiger partial charge in [-0.2, -0.15) is 0 Å². The fourth-order valence-electron chi connectivity index (χ4n) is 3.63. The predicted molar refractivity (Wildman–Crippen MR) is 118 cm³/mol. The van der Waals surface area contributed by atoms with E-state index in [9.17, 15) is 14.7 Å². The average molecular weight is 419 g/mol. The van der Waals surface area contributed by atoms with Gasteiger partial charge in [0.25, 0.3) is 0 Å². The topological polar surface area (TPSA) is 84.9 Å². The molecule has 0 saturated carbocycles. The second kappa shape index (κ2) is 9.80. The predicted octanol–water partition coefficient (Wildman–Crippen LogP) is 4.27. The van der Waals surface area contributed by atoms with E-state index in [0.29, 0.717) is 22.7 Å². The summed E-state index contributed by atoms with van der Waals surface area (Å²) in [6, 6.07) is 16.7. The number of carboxylic acids is 1. The molecule has 0 fully saturated rings. The molecule has 0 amide bonds. The Morgan fingerprint density at radius 1 is 1.00 bits per heavy atom. The number of esters is 1. The van der Waals surface area contributed by atoms with Crippen LogP contribution < -0.4 is 10.1 Å². The number of dihydropyridines is 1. The van der Waals surface area contributed by atoms with Crippen molar-refractivity contribution in [3.05, 3.63) is 94.3 Å². The van der Waals surface area contributed by atoms with Crippen LogP contribution >= 0.6 is 0 Å². The second-order valence-corrected chi connectivity index (χ2v) is 7.13. The molecule has 3 rings (SSSR count). The van der Waals surface area contributed by atoms with E-state index in [1.54, 1.807) is 51.3 Å². The molecular formula is C25H25NO5. The molecule has 0 spiro atoms. The molecule has 6 nitrogen and oxygen atoms in total. The molecule has 0 bridgehead atoms. The highest BCUT2D eigenvalue weighted by Gasteiger charge is 2.37. The van der Waals surface area contributed by atoms with Crippen molar-refractivity contribution in [2.45, 2.75) is 19.8 Å². The van der Waals surface area contributed by atoms with Crippen molar-refractivity contribution in [3.8, 4) is 5.75 Å². The SMILES string of the molecule is COc1ccc(C2C(C(=O)O)=C(C)NC(C)=C2C(=O)OC/C=C/c2ccccc2)cc1. The molecule has 31 heavy (non-hydrogen) atoms. The number of carbonyl (C=O) groups excluding carboxylic acids is 1. The minimum atomic E-state index is -1.09. The quantitative estimate of drug-likeness (QED) is 0.652. The minimum absolute atomic E-state index is 0.0743. The highest BCUT2D eigenvalue weighted by molar-refractivity contribution is 5.99. The number of methoxy groups -OCH3 is 1. The largest absolute Gasteiger partial charge is 0.497 e. The average Bonchev–Trinajstić information content (AvgIpc) is 2.76. The summed E-state index contributed by atoms with van der Waals surface area (Å²) >= 11 is 0. The summed E-state index contributed by atoms with van der Waals surface area (Å²) in [6.45, 7) is 3.51. The number of rotatable bonds is 7. The first-order valence-corrected chi connectivity index (χ1v) is 9.87. The highest BCUT2D eigenvalue weighted by atomic mass is 16.5. The second-order valence-electron chi connectivity index (χ2n) is 7.13. The number of allylic oxidation sites excluding steroid dienone is 2. The monoisotopic (exact) mass is 419 g/mol.